The van der Waals surface area contributed by atoms with Gasteiger partial charge in [-0.05, 0) is 48.2 Å². The van der Waals surface area contributed by atoms with E-state index in [0.29, 0.717) is 36.3 Å². The van der Waals surface area contributed by atoms with Gasteiger partial charge in [-0.1, -0.05) is 0 Å². The highest BCUT2D eigenvalue weighted by atomic mass is 127. The SMILES string of the molecule is CN=C(NCc1ccnc(N2CCCC2)c1)NCc1cc(OC)c(OC)c(OC)c1.I. The van der Waals surface area contributed by atoms with Crippen molar-refractivity contribution in [3.05, 3.63) is 41.6 Å². The zero-order chi connectivity index (χ0) is 21.3. The van der Waals surface area contributed by atoms with Gasteiger partial charge in [-0.3, -0.25) is 4.99 Å². The minimum absolute atomic E-state index is 0. The minimum Gasteiger partial charge on any atom is -0.493 e. The van der Waals surface area contributed by atoms with E-state index >= 15 is 0 Å². The summed E-state index contributed by atoms with van der Waals surface area (Å²) in [6, 6.07) is 8.02. The van der Waals surface area contributed by atoms with Crippen LogP contribution in [0.25, 0.3) is 0 Å². The normalized spacial score (nSPS) is 13.4. The summed E-state index contributed by atoms with van der Waals surface area (Å²) < 4.78 is 16.2. The monoisotopic (exact) mass is 541 g/mol. The number of aliphatic imine (C=N–C) groups is 1. The van der Waals surface area contributed by atoms with Gasteiger partial charge in [0.15, 0.2) is 17.5 Å². The first kappa shape index (κ1) is 24.8. The van der Waals surface area contributed by atoms with E-state index in [9.17, 15) is 0 Å². The fourth-order valence-electron chi connectivity index (χ4n) is 3.52. The Hall–Kier alpha value is -2.43. The molecule has 0 amide bonds. The topological polar surface area (TPSA) is 80.2 Å². The summed E-state index contributed by atoms with van der Waals surface area (Å²) in [5.74, 6) is 3.60. The number of anilines is 1. The number of guanidine groups is 1. The molecule has 3 rings (SSSR count). The van der Waals surface area contributed by atoms with E-state index in [2.05, 4.69) is 31.6 Å². The molecule has 0 bridgehead atoms. The van der Waals surface area contributed by atoms with Gasteiger partial charge in [0.25, 0.3) is 0 Å². The van der Waals surface area contributed by atoms with Crippen molar-refractivity contribution >= 4 is 35.8 Å². The largest absolute Gasteiger partial charge is 0.493 e. The van der Waals surface area contributed by atoms with Crippen molar-refractivity contribution in [2.75, 3.05) is 46.4 Å². The van der Waals surface area contributed by atoms with Crippen molar-refractivity contribution in [1.29, 1.82) is 0 Å². The van der Waals surface area contributed by atoms with Gasteiger partial charge >= 0.3 is 0 Å². The molecule has 1 aromatic heterocycles. The second-order valence-electron chi connectivity index (χ2n) is 7.03. The van der Waals surface area contributed by atoms with Gasteiger partial charge in [0.05, 0.1) is 21.3 Å². The average molecular weight is 541 g/mol. The minimum atomic E-state index is 0. The molecule has 0 unspecified atom stereocenters. The molecule has 2 N–H and O–H groups in total. The molecule has 170 valence electrons. The number of nitrogens with zero attached hydrogens (tertiary/aromatic N) is 3. The highest BCUT2D eigenvalue weighted by Gasteiger charge is 2.14. The van der Waals surface area contributed by atoms with Crippen molar-refractivity contribution in [3.8, 4) is 17.2 Å². The number of benzene rings is 1. The molecular weight excluding hydrogens is 509 g/mol. The number of hydrogen-bond donors (Lipinski definition) is 2. The van der Waals surface area contributed by atoms with Gasteiger partial charge in [-0.2, -0.15) is 0 Å². The van der Waals surface area contributed by atoms with Crippen LogP contribution in [0.5, 0.6) is 17.2 Å². The van der Waals surface area contributed by atoms with Gasteiger partial charge in [0.1, 0.15) is 5.82 Å². The summed E-state index contributed by atoms with van der Waals surface area (Å²) in [7, 11) is 6.57. The zero-order valence-corrected chi connectivity index (χ0v) is 20.9. The van der Waals surface area contributed by atoms with Crippen LogP contribution in [0.2, 0.25) is 0 Å². The number of rotatable bonds is 8. The maximum absolute atomic E-state index is 5.42. The third kappa shape index (κ3) is 6.52. The number of nitrogens with one attached hydrogen (secondary N) is 2. The van der Waals surface area contributed by atoms with Gasteiger partial charge < -0.3 is 29.7 Å². The van der Waals surface area contributed by atoms with Crippen LogP contribution in [0.3, 0.4) is 0 Å². The molecule has 1 fully saturated rings. The number of ether oxygens (including phenoxy) is 3. The lowest BCUT2D eigenvalue weighted by molar-refractivity contribution is 0.323. The van der Waals surface area contributed by atoms with Gasteiger partial charge in [0.2, 0.25) is 5.75 Å². The lowest BCUT2D eigenvalue weighted by atomic mass is 10.2. The van der Waals surface area contributed by atoms with E-state index in [4.69, 9.17) is 14.2 Å². The summed E-state index contributed by atoms with van der Waals surface area (Å²) >= 11 is 0. The van der Waals surface area contributed by atoms with E-state index in [0.717, 1.165) is 24.5 Å². The highest BCUT2D eigenvalue weighted by Crippen LogP contribution is 2.38. The molecule has 1 aliphatic heterocycles. The van der Waals surface area contributed by atoms with Crippen LogP contribution in [0.15, 0.2) is 35.5 Å². The number of methoxy groups -OCH3 is 3. The Morgan fingerprint density at radius 3 is 2.13 bits per heavy atom. The van der Waals surface area contributed by atoms with Crippen LogP contribution in [-0.4, -0.2) is 52.4 Å². The predicted octanol–water partition coefficient (Wildman–Crippen LogP) is 3.19. The molecule has 0 radical (unpaired) electrons. The summed E-state index contributed by atoms with van der Waals surface area (Å²) in [6.45, 7) is 3.40. The number of halogens is 1. The second kappa shape index (κ2) is 12.4. The molecule has 0 spiro atoms. The highest BCUT2D eigenvalue weighted by molar-refractivity contribution is 14.0. The van der Waals surface area contributed by atoms with E-state index in [1.54, 1.807) is 28.4 Å². The lowest BCUT2D eigenvalue weighted by Crippen LogP contribution is -2.36. The lowest BCUT2D eigenvalue weighted by Gasteiger charge is -2.18. The predicted molar refractivity (Wildman–Crippen MR) is 134 cm³/mol. The fourth-order valence-corrected chi connectivity index (χ4v) is 3.52. The van der Waals surface area contributed by atoms with E-state index in [1.807, 2.05) is 24.4 Å². The van der Waals surface area contributed by atoms with Crippen molar-refractivity contribution in [2.24, 2.45) is 4.99 Å². The summed E-state index contributed by atoms with van der Waals surface area (Å²) in [5, 5.41) is 6.69. The first-order chi connectivity index (χ1) is 14.7. The molecule has 0 atom stereocenters. The molecule has 8 nitrogen and oxygen atoms in total. The standard InChI is InChI=1S/C22H31N5O3.HI/c1-23-22(25-14-16-7-8-24-20(13-16)27-9-5-6-10-27)26-15-17-11-18(28-2)21(30-4)19(12-17)29-3;/h7-8,11-13H,5-6,9-10,14-15H2,1-4H3,(H2,23,25,26);1H. The Morgan fingerprint density at radius 1 is 0.968 bits per heavy atom. The van der Waals surface area contributed by atoms with E-state index in [-0.39, 0.29) is 24.0 Å². The molecule has 1 saturated heterocycles. The quantitative estimate of drug-likeness (QED) is 0.302. The summed E-state index contributed by atoms with van der Waals surface area (Å²) in [4.78, 5) is 11.2. The van der Waals surface area contributed by atoms with Crippen LogP contribution in [-0.2, 0) is 13.1 Å². The van der Waals surface area contributed by atoms with Crippen molar-refractivity contribution in [2.45, 2.75) is 25.9 Å². The number of aromatic nitrogens is 1. The molecule has 2 heterocycles. The Labute approximate surface area is 201 Å². The average Bonchev–Trinajstić information content (AvgIpc) is 3.33. The summed E-state index contributed by atoms with van der Waals surface area (Å²) in [5.41, 5.74) is 2.16. The molecule has 0 aliphatic carbocycles. The van der Waals surface area contributed by atoms with Crippen molar-refractivity contribution in [1.82, 2.24) is 15.6 Å². The number of hydrogen-bond acceptors (Lipinski definition) is 6. The van der Waals surface area contributed by atoms with Crippen molar-refractivity contribution in [3.63, 3.8) is 0 Å². The van der Waals surface area contributed by atoms with Gasteiger partial charge in [-0.25, -0.2) is 4.98 Å². The molecule has 9 heteroatoms. The Bertz CT molecular complexity index is 847. The molecule has 1 aliphatic rings. The molecular formula is C22H32IN5O3. The van der Waals surface area contributed by atoms with Gasteiger partial charge in [0, 0.05) is 39.4 Å². The first-order valence-corrected chi connectivity index (χ1v) is 10.1. The van der Waals surface area contributed by atoms with Gasteiger partial charge in [-0.15, -0.1) is 24.0 Å². The fraction of sp³-hybridized carbons (Fsp3) is 0.455. The van der Waals surface area contributed by atoms with Crippen LogP contribution in [0.1, 0.15) is 24.0 Å². The van der Waals surface area contributed by atoms with Crippen molar-refractivity contribution < 1.29 is 14.2 Å². The third-order valence-corrected chi connectivity index (χ3v) is 5.11. The van der Waals surface area contributed by atoms with E-state index in [1.165, 1.54) is 18.4 Å². The number of pyridine rings is 1. The zero-order valence-electron chi connectivity index (χ0n) is 18.6. The molecule has 31 heavy (non-hydrogen) atoms. The Balaban J connectivity index is 0.00000341. The second-order valence-corrected chi connectivity index (χ2v) is 7.03. The van der Waals surface area contributed by atoms with E-state index < -0.39 is 0 Å². The molecule has 2 aromatic rings. The first-order valence-electron chi connectivity index (χ1n) is 10.1. The Kier molecular flexibility index (Phi) is 9.96. The van der Waals surface area contributed by atoms with Crippen LogP contribution in [0.4, 0.5) is 5.82 Å². The maximum Gasteiger partial charge on any atom is 0.203 e. The molecule has 0 saturated carbocycles. The Morgan fingerprint density at radius 2 is 1.58 bits per heavy atom. The van der Waals surface area contributed by atoms with Crippen LogP contribution >= 0.6 is 24.0 Å². The van der Waals surface area contributed by atoms with Crippen LogP contribution < -0.4 is 29.7 Å². The third-order valence-electron chi connectivity index (χ3n) is 5.11. The van der Waals surface area contributed by atoms with Crippen LogP contribution in [0, 0.1) is 0 Å². The summed E-state index contributed by atoms with van der Waals surface area (Å²) in [6.07, 6.45) is 4.35. The smallest absolute Gasteiger partial charge is 0.203 e. The molecule has 1 aromatic carbocycles. The maximum atomic E-state index is 5.42.